The summed E-state index contributed by atoms with van der Waals surface area (Å²) in [5.41, 5.74) is 0.874. The fourth-order valence-corrected chi connectivity index (χ4v) is 2.74. The van der Waals surface area contributed by atoms with Gasteiger partial charge in [-0.1, -0.05) is 13.8 Å². The van der Waals surface area contributed by atoms with Crippen molar-refractivity contribution in [1.29, 1.82) is 0 Å². The van der Waals surface area contributed by atoms with Gasteiger partial charge in [-0.25, -0.2) is 0 Å². The number of furan rings is 1. The van der Waals surface area contributed by atoms with Crippen molar-refractivity contribution in [1.82, 2.24) is 10.2 Å². The molecule has 0 aliphatic carbocycles. The van der Waals surface area contributed by atoms with Crippen LogP contribution in [0.3, 0.4) is 0 Å². The molecular formula is C16H26N2O3. The molecule has 5 heteroatoms. The average Bonchev–Trinajstić information content (AvgIpc) is 2.90. The summed E-state index contributed by atoms with van der Waals surface area (Å²) in [6.07, 6.45) is 2.62. The number of hydrogen-bond acceptors (Lipinski definition) is 4. The molecule has 0 aromatic carbocycles. The first kappa shape index (κ1) is 16.0. The van der Waals surface area contributed by atoms with Crippen molar-refractivity contribution in [2.75, 3.05) is 32.8 Å². The van der Waals surface area contributed by atoms with Crippen molar-refractivity contribution in [3.05, 3.63) is 23.7 Å². The van der Waals surface area contributed by atoms with Crippen molar-refractivity contribution in [2.24, 2.45) is 5.92 Å². The highest BCUT2D eigenvalue weighted by Crippen LogP contribution is 2.14. The number of nitrogens with one attached hydrogen (secondary N) is 1. The first-order valence-electron chi connectivity index (χ1n) is 7.72. The van der Waals surface area contributed by atoms with E-state index in [9.17, 15) is 4.79 Å². The van der Waals surface area contributed by atoms with Gasteiger partial charge in [0.15, 0.2) is 5.76 Å². The van der Waals surface area contributed by atoms with E-state index in [1.54, 1.807) is 6.26 Å². The first-order valence-corrected chi connectivity index (χ1v) is 7.72. The normalized spacial score (nSPS) is 17.9. The molecule has 0 bridgehead atoms. The maximum atomic E-state index is 12.2. The van der Waals surface area contributed by atoms with Gasteiger partial charge < -0.3 is 14.5 Å². The predicted molar refractivity (Wildman–Crippen MR) is 81.4 cm³/mol. The van der Waals surface area contributed by atoms with E-state index in [1.165, 1.54) is 0 Å². The molecule has 1 N–H and O–H groups in total. The van der Waals surface area contributed by atoms with Gasteiger partial charge in [-0.15, -0.1) is 0 Å². The van der Waals surface area contributed by atoms with E-state index in [4.69, 9.17) is 9.15 Å². The number of ether oxygens (including phenoxy) is 1. The fraction of sp³-hybridized carbons (Fsp3) is 0.688. The van der Waals surface area contributed by atoms with Gasteiger partial charge in [0.05, 0.1) is 19.5 Å². The topological polar surface area (TPSA) is 54.7 Å². The van der Waals surface area contributed by atoms with Crippen molar-refractivity contribution in [3.8, 4) is 0 Å². The number of carbonyl (C=O) groups is 1. The zero-order valence-electron chi connectivity index (χ0n) is 13.2. The van der Waals surface area contributed by atoms with Crippen LogP contribution in [0.1, 0.15) is 36.4 Å². The second-order valence-electron chi connectivity index (χ2n) is 6.07. The third-order valence-corrected chi connectivity index (χ3v) is 3.87. The van der Waals surface area contributed by atoms with Crippen LogP contribution < -0.4 is 5.32 Å². The lowest BCUT2D eigenvalue weighted by molar-refractivity contribution is 0.0124. The molecular weight excluding hydrogens is 268 g/mol. The monoisotopic (exact) mass is 294 g/mol. The maximum absolute atomic E-state index is 12.2. The molecule has 0 spiro atoms. The minimum Gasteiger partial charge on any atom is -0.459 e. The second-order valence-corrected chi connectivity index (χ2v) is 6.07. The Labute approximate surface area is 126 Å². The van der Waals surface area contributed by atoms with Crippen LogP contribution in [0, 0.1) is 12.8 Å². The van der Waals surface area contributed by atoms with Crippen LogP contribution in [-0.2, 0) is 4.74 Å². The molecule has 1 aromatic heterocycles. The lowest BCUT2D eigenvalue weighted by Crippen LogP contribution is -2.49. The van der Waals surface area contributed by atoms with Gasteiger partial charge in [-0.3, -0.25) is 9.69 Å². The van der Waals surface area contributed by atoms with Crippen molar-refractivity contribution >= 4 is 5.91 Å². The quantitative estimate of drug-likeness (QED) is 0.872. The lowest BCUT2D eigenvalue weighted by atomic mass is 10.0. The number of morpholine rings is 1. The highest BCUT2D eigenvalue weighted by Gasteiger charge is 2.23. The number of rotatable bonds is 6. The van der Waals surface area contributed by atoms with Gasteiger partial charge in [0, 0.05) is 31.2 Å². The molecule has 2 rings (SSSR count). The van der Waals surface area contributed by atoms with Crippen LogP contribution in [0.4, 0.5) is 0 Å². The van der Waals surface area contributed by atoms with Crippen LogP contribution in [0.2, 0.25) is 0 Å². The molecule has 21 heavy (non-hydrogen) atoms. The van der Waals surface area contributed by atoms with Gasteiger partial charge in [0.1, 0.15) is 0 Å². The number of amides is 1. The lowest BCUT2D eigenvalue weighted by Gasteiger charge is -2.35. The van der Waals surface area contributed by atoms with Gasteiger partial charge in [-0.05, 0) is 25.3 Å². The van der Waals surface area contributed by atoms with Gasteiger partial charge in [0.25, 0.3) is 5.91 Å². The van der Waals surface area contributed by atoms with Crippen molar-refractivity contribution < 1.29 is 13.9 Å². The molecule has 1 aliphatic heterocycles. The molecule has 1 aromatic rings. The summed E-state index contributed by atoms with van der Waals surface area (Å²) in [6, 6.07) is 2.16. The van der Waals surface area contributed by atoms with Crippen molar-refractivity contribution in [2.45, 2.75) is 33.2 Å². The standard InChI is InChI=1S/C16H26N2O3/c1-12(2)10-14(18-5-8-20-9-6-18)11-17-16(19)15-13(3)4-7-21-15/h4,7,12,14H,5-6,8-11H2,1-3H3,(H,17,19). The Morgan fingerprint density at radius 2 is 2.10 bits per heavy atom. The fourth-order valence-electron chi connectivity index (χ4n) is 2.74. The van der Waals surface area contributed by atoms with Crippen LogP contribution in [0.5, 0.6) is 0 Å². The van der Waals surface area contributed by atoms with E-state index in [-0.39, 0.29) is 5.91 Å². The number of carbonyl (C=O) groups excluding carboxylic acids is 1. The Bertz CT molecular complexity index is 450. The summed E-state index contributed by atoms with van der Waals surface area (Å²) < 4.78 is 10.7. The Balaban J connectivity index is 1.92. The Hall–Kier alpha value is -1.33. The van der Waals surface area contributed by atoms with Gasteiger partial charge in [-0.2, -0.15) is 0 Å². The highest BCUT2D eigenvalue weighted by molar-refractivity contribution is 5.92. The third kappa shape index (κ3) is 4.58. The van der Waals surface area contributed by atoms with E-state index in [0.29, 0.717) is 24.3 Å². The molecule has 1 unspecified atom stereocenters. The maximum Gasteiger partial charge on any atom is 0.287 e. The number of nitrogens with zero attached hydrogens (tertiary/aromatic N) is 1. The molecule has 1 fully saturated rings. The molecule has 1 aliphatic rings. The summed E-state index contributed by atoms with van der Waals surface area (Å²) in [5, 5.41) is 3.01. The van der Waals surface area contributed by atoms with E-state index < -0.39 is 0 Å². The van der Waals surface area contributed by atoms with Crippen LogP contribution in [0.25, 0.3) is 0 Å². The average molecular weight is 294 g/mol. The summed E-state index contributed by atoms with van der Waals surface area (Å²) in [6.45, 7) is 10.4. The molecule has 1 atom stereocenters. The molecule has 0 radical (unpaired) electrons. The molecule has 5 nitrogen and oxygen atoms in total. The van der Waals surface area contributed by atoms with Crippen LogP contribution in [-0.4, -0.2) is 49.7 Å². The summed E-state index contributed by atoms with van der Waals surface area (Å²) in [4.78, 5) is 14.6. The molecule has 2 heterocycles. The van der Waals surface area contributed by atoms with Crippen LogP contribution in [0.15, 0.2) is 16.7 Å². The van der Waals surface area contributed by atoms with Crippen LogP contribution >= 0.6 is 0 Å². The van der Waals surface area contributed by atoms with E-state index >= 15 is 0 Å². The second kappa shape index (κ2) is 7.61. The zero-order chi connectivity index (χ0) is 15.2. The zero-order valence-corrected chi connectivity index (χ0v) is 13.2. The molecule has 0 saturated carbocycles. The number of hydrogen-bond donors (Lipinski definition) is 1. The minimum atomic E-state index is -0.125. The summed E-state index contributed by atoms with van der Waals surface area (Å²) in [7, 11) is 0. The molecule has 1 amide bonds. The Kier molecular flexibility index (Phi) is 5.82. The Morgan fingerprint density at radius 3 is 2.67 bits per heavy atom. The van der Waals surface area contributed by atoms with E-state index in [1.807, 2.05) is 13.0 Å². The third-order valence-electron chi connectivity index (χ3n) is 3.87. The minimum absolute atomic E-state index is 0.125. The Morgan fingerprint density at radius 1 is 1.38 bits per heavy atom. The first-order chi connectivity index (χ1) is 10.1. The van der Waals surface area contributed by atoms with E-state index in [2.05, 4.69) is 24.1 Å². The molecule has 1 saturated heterocycles. The smallest absolute Gasteiger partial charge is 0.287 e. The van der Waals surface area contributed by atoms with Gasteiger partial charge in [0.2, 0.25) is 0 Å². The molecule has 118 valence electrons. The van der Waals surface area contributed by atoms with E-state index in [0.717, 1.165) is 38.3 Å². The highest BCUT2D eigenvalue weighted by atomic mass is 16.5. The predicted octanol–water partition coefficient (Wildman–Crippen LogP) is 2.06. The summed E-state index contributed by atoms with van der Waals surface area (Å²) in [5.74, 6) is 0.889. The van der Waals surface area contributed by atoms with Gasteiger partial charge >= 0.3 is 0 Å². The number of aryl methyl sites for hydroxylation is 1. The largest absolute Gasteiger partial charge is 0.459 e. The summed E-state index contributed by atoms with van der Waals surface area (Å²) >= 11 is 0. The SMILES string of the molecule is Cc1ccoc1C(=O)NCC(CC(C)C)N1CCOCC1. The van der Waals surface area contributed by atoms with Crippen molar-refractivity contribution in [3.63, 3.8) is 0 Å².